The Labute approximate surface area is 112 Å². The van der Waals surface area contributed by atoms with Gasteiger partial charge < -0.3 is 25.0 Å². The van der Waals surface area contributed by atoms with Crippen molar-refractivity contribution in [3.63, 3.8) is 0 Å². The summed E-state index contributed by atoms with van der Waals surface area (Å²) >= 11 is 0. The van der Waals surface area contributed by atoms with Gasteiger partial charge in [0, 0.05) is 19.6 Å². The minimum absolute atomic E-state index is 0.0706. The molecule has 2 aliphatic rings. The molecule has 2 heterocycles. The average Bonchev–Trinajstić information content (AvgIpc) is 2.46. The molecule has 108 valence electrons. The van der Waals surface area contributed by atoms with Crippen LogP contribution in [0.3, 0.4) is 0 Å². The molecule has 2 amide bonds. The van der Waals surface area contributed by atoms with Crippen LogP contribution in [0.25, 0.3) is 0 Å². The van der Waals surface area contributed by atoms with Crippen molar-refractivity contribution in [3.8, 4) is 0 Å². The number of ether oxygens (including phenoxy) is 1. The van der Waals surface area contributed by atoms with Gasteiger partial charge >= 0.3 is 12.0 Å². The quantitative estimate of drug-likeness (QED) is 0.712. The van der Waals surface area contributed by atoms with Gasteiger partial charge in [-0.25, -0.2) is 9.59 Å². The molecule has 0 aliphatic carbocycles. The van der Waals surface area contributed by atoms with E-state index >= 15 is 0 Å². The average molecular weight is 271 g/mol. The number of amides is 2. The summed E-state index contributed by atoms with van der Waals surface area (Å²) in [5, 5.41) is 12.4. The van der Waals surface area contributed by atoms with Gasteiger partial charge in [0.15, 0.2) is 6.04 Å². The zero-order valence-electron chi connectivity index (χ0n) is 11.2. The lowest BCUT2D eigenvalue weighted by atomic mass is 10.1. The van der Waals surface area contributed by atoms with E-state index in [1.165, 1.54) is 4.90 Å². The number of nitrogens with zero attached hydrogens (tertiary/aromatic N) is 2. The van der Waals surface area contributed by atoms with Crippen LogP contribution in [0.15, 0.2) is 0 Å². The van der Waals surface area contributed by atoms with Crippen molar-refractivity contribution in [1.82, 2.24) is 15.1 Å². The fourth-order valence-corrected chi connectivity index (χ4v) is 2.59. The summed E-state index contributed by atoms with van der Waals surface area (Å²) in [5.41, 5.74) is 0. The molecule has 0 spiro atoms. The van der Waals surface area contributed by atoms with Gasteiger partial charge in [-0.15, -0.1) is 0 Å². The number of morpholine rings is 1. The molecule has 0 aromatic rings. The normalized spacial score (nSPS) is 25.1. The first-order valence-corrected chi connectivity index (χ1v) is 6.66. The number of carboxylic acids is 1. The number of urea groups is 1. The second-order valence-corrected chi connectivity index (χ2v) is 5.00. The van der Waals surface area contributed by atoms with Crippen molar-refractivity contribution in [2.75, 3.05) is 39.9 Å². The molecule has 2 rings (SSSR count). The molecule has 0 aromatic heterocycles. The van der Waals surface area contributed by atoms with E-state index in [-0.39, 0.29) is 18.7 Å². The molecule has 2 fully saturated rings. The smallest absolute Gasteiger partial charge is 0.328 e. The van der Waals surface area contributed by atoms with Crippen molar-refractivity contribution < 1.29 is 19.4 Å². The second-order valence-electron chi connectivity index (χ2n) is 5.00. The Hall–Kier alpha value is -1.34. The molecule has 2 aliphatic heterocycles. The first-order chi connectivity index (χ1) is 9.11. The van der Waals surface area contributed by atoms with Crippen LogP contribution in [0.4, 0.5) is 4.79 Å². The summed E-state index contributed by atoms with van der Waals surface area (Å²) in [6.45, 7) is 2.60. The Morgan fingerprint density at radius 3 is 2.68 bits per heavy atom. The molecule has 0 aromatic carbocycles. The fourth-order valence-electron chi connectivity index (χ4n) is 2.59. The van der Waals surface area contributed by atoms with E-state index in [0.717, 1.165) is 25.9 Å². The van der Waals surface area contributed by atoms with Gasteiger partial charge in [-0.2, -0.15) is 0 Å². The number of nitrogens with one attached hydrogen (secondary N) is 1. The van der Waals surface area contributed by atoms with E-state index in [1.807, 2.05) is 0 Å². The molecule has 0 saturated carbocycles. The highest BCUT2D eigenvalue weighted by molar-refractivity contribution is 5.83. The van der Waals surface area contributed by atoms with Gasteiger partial charge in [0.2, 0.25) is 0 Å². The van der Waals surface area contributed by atoms with Crippen LogP contribution in [0.2, 0.25) is 0 Å². The topological polar surface area (TPSA) is 82.1 Å². The summed E-state index contributed by atoms with van der Waals surface area (Å²) < 4.78 is 5.15. The van der Waals surface area contributed by atoms with Crippen LogP contribution in [-0.4, -0.2) is 78.9 Å². The largest absolute Gasteiger partial charge is 0.480 e. The maximum Gasteiger partial charge on any atom is 0.328 e. The number of piperidine rings is 1. The molecule has 0 bridgehead atoms. The van der Waals surface area contributed by atoms with Crippen molar-refractivity contribution in [3.05, 3.63) is 0 Å². The molecular weight excluding hydrogens is 250 g/mol. The molecule has 7 heteroatoms. The number of hydrogen-bond acceptors (Lipinski definition) is 4. The van der Waals surface area contributed by atoms with Gasteiger partial charge in [-0.05, 0) is 25.9 Å². The molecule has 1 unspecified atom stereocenters. The maximum atomic E-state index is 12.4. The first-order valence-electron chi connectivity index (χ1n) is 6.66. The Bertz CT molecular complexity index is 344. The minimum Gasteiger partial charge on any atom is -0.480 e. The van der Waals surface area contributed by atoms with E-state index in [9.17, 15) is 9.59 Å². The molecule has 2 saturated heterocycles. The summed E-state index contributed by atoms with van der Waals surface area (Å²) in [6, 6.07) is -0.890. The molecule has 0 radical (unpaired) electrons. The SMILES string of the molecule is CN(C(=O)N1CCOCC1C(=O)O)C1CCNCC1. The third kappa shape index (κ3) is 3.16. The van der Waals surface area contributed by atoms with Crippen molar-refractivity contribution in [1.29, 1.82) is 0 Å². The zero-order chi connectivity index (χ0) is 13.8. The van der Waals surface area contributed by atoms with Gasteiger partial charge in [0.1, 0.15) is 0 Å². The third-order valence-corrected chi connectivity index (χ3v) is 3.82. The Morgan fingerprint density at radius 1 is 1.37 bits per heavy atom. The number of aliphatic carboxylic acids is 1. The number of carboxylic acid groups (broad SMARTS) is 1. The van der Waals surface area contributed by atoms with Crippen molar-refractivity contribution in [2.45, 2.75) is 24.9 Å². The van der Waals surface area contributed by atoms with Crippen LogP contribution in [-0.2, 0) is 9.53 Å². The lowest BCUT2D eigenvalue weighted by molar-refractivity contribution is -0.147. The van der Waals surface area contributed by atoms with Gasteiger partial charge in [-0.3, -0.25) is 0 Å². The van der Waals surface area contributed by atoms with E-state index in [4.69, 9.17) is 9.84 Å². The summed E-state index contributed by atoms with van der Waals surface area (Å²) in [4.78, 5) is 26.7. The highest BCUT2D eigenvalue weighted by atomic mass is 16.5. The standard InChI is InChI=1S/C12H21N3O4/c1-14(9-2-4-13-5-3-9)12(18)15-6-7-19-8-10(15)11(16)17/h9-10,13H,2-8H2,1H3,(H,16,17). The number of rotatable bonds is 2. The van der Waals surface area contributed by atoms with Crippen molar-refractivity contribution >= 4 is 12.0 Å². The maximum absolute atomic E-state index is 12.4. The minimum atomic E-state index is -1.01. The van der Waals surface area contributed by atoms with Gasteiger partial charge in [0.25, 0.3) is 0 Å². The highest BCUT2D eigenvalue weighted by Crippen LogP contribution is 2.15. The predicted molar refractivity (Wildman–Crippen MR) is 68.0 cm³/mol. The molecule has 19 heavy (non-hydrogen) atoms. The summed E-state index contributed by atoms with van der Waals surface area (Å²) in [6.07, 6.45) is 1.81. The molecule has 7 nitrogen and oxygen atoms in total. The van der Waals surface area contributed by atoms with Crippen LogP contribution in [0.1, 0.15) is 12.8 Å². The summed E-state index contributed by atoms with van der Waals surface area (Å²) in [7, 11) is 1.76. The van der Waals surface area contributed by atoms with Crippen LogP contribution < -0.4 is 5.32 Å². The van der Waals surface area contributed by atoms with Gasteiger partial charge in [0.05, 0.1) is 13.2 Å². The molecule has 1 atom stereocenters. The van der Waals surface area contributed by atoms with Crippen LogP contribution in [0.5, 0.6) is 0 Å². The highest BCUT2D eigenvalue weighted by Gasteiger charge is 2.36. The third-order valence-electron chi connectivity index (χ3n) is 3.82. The Morgan fingerprint density at radius 2 is 2.05 bits per heavy atom. The van der Waals surface area contributed by atoms with E-state index in [0.29, 0.717) is 13.2 Å². The predicted octanol–water partition coefficient (Wildman–Crippen LogP) is -0.424. The van der Waals surface area contributed by atoms with Crippen molar-refractivity contribution in [2.24, 2.45) is 0 Å². The Kier molecular flexibility index (Phi) is 4.60. The fraction of sp³-hybridized carbons (Fsp3) is 0.833. The van der Waals surface area contributed by atoms with Gasteiger partial charge in [-0.1, -0.05) is 0 Å². The Balaban J connectivity index is 2.01. The van der Waals surface area contributed by atoms with E-state index < -0.39 is 12.0 Å². The lowest BCUT2D eigenvalue weighted by Crippen LogP contribution is -2.58. The van der Waals surface area contributed by atoms with E-state index in [1.54, 1.807) is 11.9 Å². The van der Waals surface area contributed by atoms with E-state index in [2.05, 4.69) is 5.32 Å². The zero-order valence-corrected chi connectivity index (χ0v) is 11.2. The monoisotopic (exact) mass is 271 g/mol. The van der Waals surface area contributed by atoms with Crippen LogP contribution in [0, 0.1) is 0 Å². The number of carbonyl (C=O) groups is 2. The molecular formula is C12H21N3O4. The summed E-state index contributed by atoms with van der Waals surface area (Å²) in [5.74, 6) is -1.01. The number of carbonyl (C=O) groups excluding carboxylic acids is 1. The van der Waals surface area contributed by atoms with Crippen LogP contribution >= 0.6 is 0 Å². The number of hydrogen-bond donors (Lipinski definition) is 2. The first kappa shape index (κ1) is 14.1. The molecule has 2 N–H and O–H groups in total. The second kappa shape index (κ2) is 6.21. The lowest BCUT2D eigenvalue weighted by Gasteiger charge is -2.39.